The fourth-order valence-electron chi connectivity index (χ4n) is 0.980. The van der Waals surface area contributed by atoms with Crippen LogP contribution in [0, 0.1) is 0 Å². The molecule has 0 amide bonds. The second-order valence-electron chi connectivity index (χ2n) is 2.64. The molecule has 0 bridgehead atoms. The molecule has 0 atom stereocenters. The number of benzene rings is 1. The molecule has 0 saturated carbocycles. The highest BCUT2D eigenvalue weighted by molar-refractivity contribution is 6.34. The number of halogens is 2. The Labute approximate surface area is 87.0 Å². The Kier molecular flexibility index (Phi) is 3.52. The second-order valence-corrected chi connectivity index (χ2v) is 3.52. The minimum atomic E-state index is 0.571. The first-order chi connectivity index (χ1) is 6.13. The van der Waals surface area contributed by atoms with Gasteiger partial charge in [0.15, 0.2) is 0 Å². The highest BCUT2D eigenvalue weighted by Crippen LogP contribution is 2.23. The predicted molar refractivity (Wildman–Crippen MR) is 56.2 cm³/mol. The average Bonchev–Trinajstić information content (AvgIpc) is 2.03. The van der Waals surface area contributed by atoms with Gasteiger partial charge in [0.05, 0.1) is 0 Å². The van der Waals surface area contributed by atoms with Gasteiger partial charge in [0.2, 0.25) is 0 Å². The van der Waals surface area contributed by atoms with Crippen molar-refractivity contribution in [3.05, 3.63) is 39.9 Å². The third-order valence-electron chi connectivity index (χ3n) is 1.64. The molecule has 0 N–H and O–H groups in total. The molecule has 1 aromatic carbocycles. The molecule has 0 aromatic heterocycles. The maximum absolute atomic E-state index is 10.2. The lowest BCUT2D eigenvalue weighted by molar-refractivity contribution is -0.104. The average molecular weight is 215 g/mol. The van der Waals surface area contributed by atoms with Crippen molar-refractivity contribution in [3.63, 3.8) is 0 Å². The number of rotatable bonds is 2. The molecule has 0 aliphatic rings. The van der Waals surface area contributed by atoms with Crippen molar-refractivity contribution in [3.8, 4) is 0 Å². The normalized spacial score (nSPS) is 11.5. The Balaban J connectivity index is 3.15. The summed E-state index contributed by atoms with van der Waals surface area (Å²) in [6, 6.07) is 5.19. The summed E-state index contributed by atoms with van der Waals surface area (Å²) >= 11 is 11.6. The summed E-state index contributed by atoms with van der Waals surface area (Å²) in [6.45, 7) is 1.83. The molecule has 1 nitrogen and oxygen atoms in total. The van der Waals surface area contributed by atoms with E-state index in [0.29, 0.717) is 10.0 Å². The summed E-state index contributed by atoms with van der Waals surface area (Å²) in [5.41, 5.74) is 1.71. The van der Waals surface area contributed by atoms with Crippen molar-refractivity contribution in [2.45, 2.75) is 6.92 Å². The van der Waals surface area contributed by atoms with Crippen LogP contribution in [0.5, 0.6) is 0 Å². The van der Waals surface area contributed by atoms with Gasteiger partial charge < -0.3 is 0 Å². The van der Waals surface area contributed by atoms with E-state index in [9.17, 15) is 4.79 Å². The SMILES string of the molecule is CC(=CC=O)c1cc(Cl)cc(Cl)c1. The van der Waals surface area contributed by atoms with E-state index < -0.39 is 0 Å². The monoisotopic (exact) mass is 214 g/mol. The number of carbonyl (C=O) groups excluding carboxylic acids is 1. The number of hydrogen-bond acceptors (Lipinski definition) is 1. The molecule has 0 aliphatic carbocycles. The number of hydrogen-bond donors (Lipinski definition) is 0. The van der Waals surface area contributed by atoms with Crippen molar-refractivity contribution >= 4 is 35.1 Å². The Morgan fingerprint density at radius 2 is 1.77 bits per heavy atom. The zero-order valence-corrected chi connectivity index (χ0v) is 8.56. The highest BCUT2D eigenvalue weighted by atomic mass is 35.5. The van der Waals surface area contributed by atoms with E-state index in [4.69, 9.17) is 23.2 Å². The van der Waals surface area contributed by atoms with Crippen LogP contribution in [0.3, 0.4) is 0 Å². The van der Waals surface area contributed by atoms with Gasteiger partial charge >= 0.3 is 0 Å². The molecule has 3 heteroatoms. The Morgan fingerprint density at radius 1 is 1.23 bits per heavy atom. The van der Waals surface area contributed by atoms with E-state index in [1.54, 1.807) is 18.2 Å². The molecular weight excluding hydrogens is 207 g/mol. The van der Waals surface area contributed by atoms with Crippen molar-refractivity contribution < 1.29 is 4.79 Å². The quantitative estimate of drug-likeness (QED) is 0.544. The Morgan fingerprint density at radius 3 is 2.23 bits per heavy atom. The molecular formula is C10H8Cl2O. The second kappa shape index (κ2) is 4.45. The molecule has 0 heterocycles. The van der Waals surface area contributed by atoms with Gasteiger partial charge in [-0.2, -0.15) is 0 Å². The van der Waals surface area contributed by atoms with Gasteiger partial charge in [-0.3, -0.25) is 4.79 Å². The van der Waals surface area contributed by atoms with Gasteiger partial charge in [-0.15, -0.1) is 0 Å². The highest BCUT2D eigenvalue weighted by Gasteiger charge is 1.99. The first-order valence-electron chi connectivity index (χ1n) is 3.72. The van der Waals surface area contributed by atoms with E-state index >= 15 is 0 Å². The summed E-state index contributed by atoms with van der Waals surface area (Å²) in [6.07, 6.45) is 2.21. The maximum atomic E-state index is 10.2. The molecule has 0 spiro atoms. The number of carbonyl (C=O) groups is 1. The number of allylic oxidation sites excluding steroid dienone is 2. The zero-order valence-electron chi connectivity index (χ0n) is 7.05. The van der Waals surface area contributed by atoms with Crippen molar-refractivity contribution in [2.24, 2.45) is 0 Å². The lowest BCUT2D eigenvalue weighted by Gasteiger charge is -2.01. The molecule has 0 unspecified atom stereocenters. The minimum Gasteiger partial charge on any atom is -0.299 e. The maximum Gasteiger partial charge on any atom is 0.143 e. The topological polar surface area (TPSA) is 17.1 Å². The van der Waals surface area contributed by atoms with Crippen LogP contribution in [0.2, 0.25) is 10.0 Å². The van der Waals surface area contributed by atoms with Crippen LogP contribution in [0.4, 0.5) is 0 Å². The molecule has 0 radical (unpaired) electrons. The Bertz CT molecular complexity index is 336. The van der Waals surface area contributed by atoms with Crippen LogP contribution in [-0.4, -0.2) is 6.29 Å². The van der Waals surface area contributed by atoms with E-state index in [1.165, 1.54) is 6.08 Å². The van der Waals surface area contributed by atoms with E-state index in [2.05, 4.69) is 0 Å². The number of aldehydes is 1. The van der Waals surface area contributed by atoms with Gasteiger partial charge in [-0.1, -0.05) is 23.2 Å². The van der Waals surface area contributed by atoms with Gasteiger partial charge in [-0.25, -0.2) is 0 Å². The van der Waals surface area contributed by atoms with Crippen LogP contribution >= 0.6 is 23.2 Å². The van der Waals surface area contributed by atoms with Gasteiger partial charge in [0, 0.05) is 10.0 Å². The van der Waals surface area contributed by atoms with Crippen molar-refractivity contribution in [2.75, 3.05) is 0 Å². The van der Waals surface area contributed by atoms with Gasteiger partial charge in [0.25, 0.3) is 0 Å². The predicted octanol–water partition coefficient (Wildman–Crippen LogP) is 3.60. The molecule has 1 rings (SSSR count). The third-order valence-corrected chi connectivity index (χ3v) is 2.07. The lowest BCUT2D eigenvalue weighted by atomic mass is 10.1. The summed E-state index contributed by atoms with van der Waals surface area (Å²) in [4.78, 5) is 10.2. The summed E-state index contributed by atoms with van der Waals surface area (Å²) in [5.74, 6) is 0. The van der Waals surface area contributed by atoms with E-state index in [-0.39, 0.29) is 0 Å². The minimum absolute atomic E-state index is 0.571. The summed E-state index contributed by atoms with van der Waals surface area (Å²) in [5, 5.41) is 1.14. The zero-order chi connectivity index (χ0) is 9.84. The smallest absolute Gasteiger partial charge is 0.143 e. The van der Waals surface area contributed by atoms with E-state index in [1.807, 2.05) is 6.92 Å². The summed E-state index contributed by atoms with van der Waals surface area (Å²) in [7, 11) is 0. The molecule has 68 valence electrons. The van der Waals surface area contributed by atoms with Crippen LogP contribution < -0.4 is 0 Å². The first kappa shape index (κ1) is 10.3. The van der Waals surface area contributed by atoms with Crippen LogP contribution in [0.15, 0.2) is 24.3 Å². The fourth-order valence-corrected chi connectivity index (χ4v) is 1.51. The van der Waals surface area contributed by atoms with Crippen molar-refractivity contribution in [1.82, 2.24) is 0 Å². The van der Waals surface area contributed by atoms with Crippen LogP contribution in [0.25, 0.3) is 5.57 Å². The molecule has 0 saturated heterocycles. The first-order valence-corrected chi connectivity index (χ1v) is 4.47. The largest absolute Gasteiger partial charge is 0.299 e. The van der Waals surface area contributed by atoms with Crippen LogP contribution in [0.1, 0.15) is 12.5 Å². The van der Waals surface area contributed by atoms with Crippen LogP contribution in [-0.2, 0) is 4.79 Å². The molecule has 1 aromatic rings. The molecule has 0 aliphatic heterocycles. The molecule has 13 heavy (non-hydrogen) atoms. The van der Waals surface area contributed by atoms with Gasteiger partial charge in [-0.05, 0) is 42.3 Å². The summed E-state index contributed by atoms with van der Waals surface area (Å²) < 4.78 is 0. The van der Waals surface area contributed by atoms with Gasteiger partial charge in [0.1, 0.15) is 6.29 Å². The van der Waals surface area contributed by atoms with E-state index in [0.717, 1.165) is 17.4 Å². The fraction of sp³-hybridized carbons (Fsp3) is 0.100. The Hall–Kier alpha value is -0.790. The lowest BCUT2D eigenvalue weighted by Crippen LogP contribution is -1.80. The third kappa shape index (κ3) is 2.87. The molecule has 0 fully saturated rings. The standard InChI is InChI=1S/C10H8Cl2O/c1-7(2-3-13)8-4-9(11)6-10(12)5-8/h2-6H,1H3. The van der Waals surface area contributed by atoms with Crippen molar-refractivity contribution in [1.29, 1.82) is 0 Å².